The number of rotatable bonds is 6. The molecule has 3 N–H and O–H groups in total. The molecule has 0 radical (unpaired) electrons. The number of nitrogens with zero attached hydrogens (tertiary/aromatic N) is 1. The Bertz CT molecular complexity index is 1000. The highest BCUT2D eigenvalue weighted by atomic mass is 16.5. The Balaban J connectivity index is 1.29. The van der Waals surface area contributed by atoms with Gasteiger partial charge in [0.1, 0.15) is 6.61 Å². The van der Waals surface area contributed by atoms with Crippen molar-refractivity contribution in [1.29, 1.82) is 0 Å². The van der Waals surface area contributed by atoms with Crippen LogP contribution in [0.4, 0.5) is 10.5 Å². The van der Waals surface area contributed by atoms with Gasteiger partial charge in [0.25, 0.3) is 0 Å². The van der Waals surface area contributed by atoms with Gasteiger partial charge in [-0.2, -0.15) is 0 Å². The number of hydrogen-bond acceptors (Lipinski definition) is 4. The summed E-state index contributed by atoms with van der Waals surface area (Å²) in [6, 6.07) is 18.3. The topological polar surface area (TPSA) is 77.2 Å². The number of ether oxygens (including phenoxy) is 1. The molecule has 0 unspecified atom stereocenters. The maximum Gasteiger partial charge on any atom is 0.407 e. The summed E-state index contributed by atoms with van der Waals surface area (Å²) in [6.45, 7) is 0.815. The van der Waals surface area contributed by atoms with Crippen LogP contribution in [0.25, 0.3) is 17.2 Å². The highest BCUT2D eigenvalue weighted by Gasteiger charge is 2.28. The quantitative estimate of drug-likeness (QED) is 0.608. The summed E-state index contributed by atoms with van der Waals surface area (Å²) >= 11 is 0. The van der Waals surface area contributed by atoms with Crippen molar-refractivity contribution in [2.24, 2.45) is 0 Å². The molecule has 1 aromatic heterocycles. The van der Waals surface area contributed by atoms with E-state index < -0.39 is 6.09 Å². The number of carbonyl (C=O) groups excluding carboxylic acids is 1. The highest BCUT2D eigenvalue weighted by molar-refractivity contribution is 5.79. The van der Waals surface area contributed by atoms with Gasteiger partial charge in [-0.15, -0.1) is 0 Å². The van der Waals surface area contributed by atoms with Gasteiger partial charge in [-0.25, -0.2) is 4.79 Å². The van der Waals surface area contributed by atoms with Crippen molar-refractivity contribution in [2.45, 2.75) is 12.3 Å². The molecule has 5 nitrogen and oxygen atoms in total. The van der Waals surface area contributed by atoms with Crippen molar-refractivity contribution in [3.05, 3.63) is 89.8 Å². The minimum atomic E-state index is -0.402. The molecule has 29 heavy (non-hydrogen) atoms. The van der Waals surface area contributed by atoms with Gasteiger partial charge in [-0.3, -0.25) is 4.98 Å². The first kappa shape index (κ1) is 18.7. The SMILES string of the molecule is Nc1ccncc1C=CCCNC(=O)OCC1c2ccccc2-c2ccccc21. The Morgan fingerprint density at radius 2 is 1.76 bits per heavy atom. The molecule has 0 saturated carbocycles. The fourth-order valence-electron chi connectivity index (χ4n) is 3.67. The van der Waals surface area contributed by atoms with E-state index in [1.54, 1.807) is 18.5 Å². The summed E-state index contributed by atoms with van der Waals surface area (Å²) in [5.41, 5.74) is 12.3. The maximum absolute atomic E-state index is 12.1. The average molecular weight is 385 g/mol. The number of amides is 1. The fraction of sp³-hybridized carbons (Fsp3) is 0.167. The summed E-state index contributed by atoms with van der Waals surface area (Å²) < 4.78 is 5.52. The Kier molecular flexibility index (Phi) is 5.56. The second kappa shape index (κ2) is 8.61. The Morgan fingerprint density at radius 1 is 1.07 bits per heavy atom. The van der Waals surface area contributed by atoms with Crippen LogP contribution in [0.15, 0.2) is 73.1 Å². The minimum absolute atomic E-state index is 0.0709. The molecule has 146 valence electrons. The smallest absolute Gasteiger partial charge is 0.407 e. The van der Waals surface area contributed by atoms with E-state index in [9.17, 15) is 4.79 Å². The molecular weight excluding hydrogens is 362 g/mol. The van der Waals surface area contributed by atoms with E-state index in [1.165, 1.54) is 22.3 Å². The lowest BCUT2D eigenvalue weighted by Gasteiger charge is -2.14. The monoisotopic (exact) mass is 385 g/mol. The molecule has 0 bridgehead atoms. The van der Waals surface area contributed by atoms with E-state index in [0.717, 1.165) is 5.56 Å². The van der Waals surface area contributed by atoms with Crippen molar-refractivity contribution in [2.75, 3.05) is 18.9 Å². The van der Waals surface area contributed by atoms with E-state index in [0.29, 0.717) is 25.3 Å². The lowest BCUT2D eigenvalue weighted by molar-refractivity contribution is 0.143. The van der Waals surface area contributed by atoms with Gasteiger partial charge in [0.2, 0.25) is 0 Å². The number of anilines is 1. The molecule has 0 spiro atoms. The highest BCUT2D eigenvalue weighted by Crippen LogP contribution is 2.44. The molecule has 2 aromatic carbocycles. The van der Waals surface area contributed by atoms with Gasteiger partial charge < -0.3 is 15.8 Å². The zero-order valence-electron chi connectivity index (χ0n) is 16.0. The lowest BCUT2D eigenvalue weighted by Crippen LogP contribution is -2.26. The maximum atomic E-state index is 12.1. The molecule has 0 saturated heterocycles. The van der Waals surface area contributed by atoms with E-state index in [-0.39, 0.29) is 5.92 Å². The van der Waals surface area contributed by atoms with Crippen molar-refractivity contribution in [3.8, 4) is 11.1 Å². The average Bonchev–Trinajstić information content (AvgIpc) is 3.07. The third-order valence-corrected chi connectivity index (χ3v) is 5.11. The largest absolute Gasteiger partial charge is 0.449 e. The molecule has 0 fully saturated rings. The number of nitrogens with one attached hydrogen (secondary N) is 1. The Labute approximate surface area is 170 Å². The molecule has 1 amide bonds. The van der Waals surface area contributed by atoms with Crippen LogP contribution in [0.2, 0.25) is 0 Å². The van der Waals surface area contributed by atoms with Gasteiger partial charge in [0.05, 0.1) is 0 Å². The van der Waals surface area contributed by atoms with Crippen LogP contribution in [0.5, 0.6) is 0 Å². The standard InChI is InChI=1S/C24H23N3O2/c25-23-12-14-26-15-17(23)7-5-6-13-27-24(28)29-16-22-20-10-3-1-8-18(20)19-9-2-4-11-21(19)22/h1-5,7-12,14-15,22H,6,13,16H2,(H2,25,26)(H,27,28). The van der Waals surface area contributed by atoms with Crippen LogP contribution >= 0.6 is 0 Å². The number of aromatic nitrogens is 1. The van der Waals surface area contributed by atoms with Crippen LogP contribution in [-0.2, 0) is 4.74 Å². The number of benzene rings is 2. The number of nitrogens with two attached hydrogens (primary N) is 1. The summed E-state index contributed by atoms with van der Waals surface area (Å²) in [7, 11) is 0. The predicted octanol–water partition coefficient (Wildman–Crippen LogP) is 4.61. The molecular formula is C24H23N3O2. The fourth-order valence-corrected chi connectivity index (χ4v) is 3.67. The number of fused-ring (bicyclic) bond motifs is 3. The first-order valence-electron chi connectivity index (χ1n) is 9.69. The molecule has 1 aliphatic rings. The second-order valence-electron chi connectivity index (χ2n) is 6.95. The molecule has 0 aliphatic heterocycles. The normalized spacial score (nSPS) is 12.6. The molecule has 1 heterocycles. The summed E-state index contributed by atoms with van der Waals surface area (Å²) in [6.07, 6.45) is 7.51. The van der Waals surface area contributed by atoms with E-state index in [2.05, 4.69) is 34.6 Å². The zero-order chi connectivity index (χ0) is 20.1. The van der Waals surface area contributed by atoms with E-state index in [4.69, 9.17) is 10.5 Å². The molecule has 3 aromatic rings. The zero-order valence-corrected chi connectivity index (χ0v) is 16.0. The van der Waals surface area contributed by atoms with Crippen molar-refractivity contribution < 1.29 is 9.53 Å². The van der Waals surface area contributed by atoms with E-state index >= 15 is 0 Å². The number of hydrogen-bond donors (Lipinski definition) is 2. The first-order chi connectivity index (χ1) is 14.2. The first-order valence-corrected chi connectivity index (χ1v) is 9.69. The van der Waals surface area contributed by atoms with Gasteiger partial charge in [0.15, 0.2) is 0 Å². The van der Waals surface area contributed by atoms with Crippen molar-refractivity contribution in [1.82, 2.24) is 10.3 Å². The molecule has 1 aliphatic carbocycles. The number of nitrogen functional groups attached to an aromatic ring is 1. The van der Waals surface area contributed by atoms with Crippen LogP contribution < -0.4 is 11.1 Å². The predicted molar refractivity (Wildman–Crippen MR) is 115 cm³/mol. The summed E-state index contributed by atoms with van der Waals surface area (Å²) in [5, 5.41) is 2.80. The van der Waals surface area contributed by atoms with Crippen molar-refractivity contribution >= 4 is 17.9 Å². The number of pyridine rings is 1. The number of alkyl carbamates (subject to hydrolysis) is 1. The van der Waals surface area contributed by atoms with Crippen molar-refractivity contribution in [3.63, 3.8) is 0 Å². The third-order valence-electron chi connectivity index (χ3n) is 5.11. The van der Waals surface area contributed by atoms with E-state index in [1.807, 2.05) is 36.4 Å². The summed E-state index contributed by atoms with van der Waals surface area (Å²) in [4.78, 5) is 16.2. The van der Waals surface area contributed by atoms with Crippen LogP contribution in [-0.4, -0.2) is 24.2 Å². The van der Waals surface area contributed by atoms with Crippen LogP contribution in [0.1, 0.15) is 29.0 Å². The lowest BCUT2D eigenvalue weighted by atomic mass is 9.98. The molecule has 5 heteroatoms. The molecule has 0 atom stereocenters. The second-order valence-corrected chi connectivity index (χ2v) is 6.95. The minimum Gasteiger partial charge on any atom is -0.449 e. The van der Waals surface area contributed by atoms with Crippen LogP contribution in [0, 0.1) is 0 Å². The van der Waals surface area contributed by atoms with Gasteiger partial charge >= 0.3 is 6.09 Å². The third kappa shape index (κ3) is 4.14. The Morgan fingerprint density at radius 3 is 2.45 bits per heavy atom. The van der Waals surface area contributed by atoms with Gasteiger partial charge in [-0.1, -0.05) is 60.7 Å². The Hall–Kier alpha value is -3.60. The molecule has 4 rings (SSSR count). The van der Waals surface area contributed by atoms with Crippen LogP contribution in [0.3, 0.4) is 0 Å². The van der Waals surface area contributed by atoms with Gasteiger partial charge in [-0.05, 0) is 34.7 Å². The summed E-state index contributed by atoms with van der Waals surface area (Å²) in [5.74, 6) is 0.0709. The number of carbonyl (C=O) groups is 1. The van der Waals surface area contributed by atoms with Gasteiger partial charge in [0, 0.05) is 36.1 Å².